The molecule has 1 aromatic heterocycles. The lowest BCUT2D eigenvalue weighted by Gasteiger charge is -2.13. The summed E-state index contributed by atoms with van der Waals surface area (Å²) in [6.45, 7) is 2.29. The lowest BCUT2D eigenvalue weighted by atomic mass is 9.95. The Kier molecular flexibility index (Phi) is 4.38. The van der Waals surface area contributed by atoms with E-state index in [9.17, 15) is 0 Å². The van der Waals surface area contributed by atoms with Crippen LogP contribution in [-0.2, 0) is 6.42 Å². The van der Waals surface area contributed by atoms with Gasteiger partial charge in [-0.05, 0) is 44.7 Å². The topological polar surface area (TPSA) is 37.8 Å². The molecule has 2 aromatic rings. The van der Waals surface area contributed by atoms with Crippen LogP contribution in [-0.4, -0.2) is 23.1 Å². The van der Waals surface area contributed by atoms with Crippen LogP contribution in [0.15, 0.2) is 42.7 Å². The van der Waals surface area contributed by atoms with Crippen molar-refractivity contribution in [2.24, 2.45) is 5.92 Å². The van der Waals surface area contributed by atoms with Crippen molar-refractivity contribution in [1.82, 2.24) is 15.3 Å². The molecule has 3 heteroatoms. The first-order chi connectivity index (χ1) is 9.92. The third-order valence-electron chi connectivity index (χ3n) is 3.95. The lowest BCUT2D eigenvalue weighted by Crippen LogP contribution is -2.14. The monoisotopic (exact) mass is 267 g/mol. The van der Waals surface area contributed by atoms with Gasteiger partial charge in [0.05, 0.1) is 17.6 Å². The van der Waals surface area contributed by atoms with Gasteiger partial charge in [0.15, 0.2) is 0 Å². The average Bonchev–Trinajstić information content (AvgIpc) is 2.77. The fourth-order valence-corrected chi connectivity index (χ4v) is 2.84. The predicted octanol–water partition coefficient (Wildman–Crippen LogP) is 3.08. The minimum Gasteiger partial charge on any atom is -0.317 e. The summed E-state index contributed by atoms with van der Waals surface area (Å²) in [7, 11) is 0. The van der Waals surface area contributed by atoms with E-state index >= 15 is 0 Å². The van der Waals surface area contributed by atoms with Gasteiger partial charge in [-0.25, -0.2) is 4.98 Å². The molecule has 0 aliphatic carbocycles. The van der Waals surface area contributed by atoms with E-state index in [4.69, 9.17) is 4.98 Å². The zero-order valence-corrected chi connectivity index (χ0v) is 11.8. The minimum atomic E-state index is 0.741. The summed E-state index contributed by atoms with van der Waals surface area (Å²) in [5.41, 5.74) is 3.25. The molecule has 104 valence electrons. The maximum atomic E-state index is 4.78. The van der Waals surface area contributed by atoms with Crippen LogP contribution >= 0.6 is 0 Å². The normalized spacial score (nSPS) is 19.5. The van der Waals surface area contributed by atoms with Gasteiger partial charge < -0.3 is 5.32 Å². The van der Waals surface area contributed by atoms with E-state index in [1.165, 1.54) is 19.3 Å². The minimum absolute atomic E-state index is 0.741. The zero-order chi connectivity index (χ0) is 13.6. The predicted molar refractivity (Wildman–Crippen MR) is 81.4 cm³/mol. The van der Waals surface area contributed by atoms with E-state index in [0.717, 1.165) is 42.4 Å². The van der Waals surface area contributed by atoms with Crippen molar-refractivity contribution in [2.75, 3.05) is 13.1 Å². The molecular formula is C17H21N3. The van der Waals surface area contributed by atoms with E-state index in [0.29, 0.717) is 0 Å². The van der Waals surface area contributed by atoms with E-state index in [-0.39, 0.29) is 0 Å². The van der Waals surface area contributed by atoms with Crippen molar-refractivity contribution in [3.05, 3.63) is 48.4 Å². The van der Waals surface area contributed by atoms with E-state index in [2.05, 4.69) is 22.4 Å². The van der Waals surface area contributed by atoms with Crippen molar-refractivity contribution in [2.45, 2.75) is 25.7 Å². The van der Waals surface area contributed by atoms with Gasteiger partial charge in [0.1, 0.15) is 0 Å². The number of nitrogens with one attached hydrogen (secondary N) is 1. The van der Waals surface area contributed by atoms with Gasteiger partial charge in [-0.2, -0.15) is 0 Å². The molecule has 3 nitrogen and oxygen atoms in total. The third-order valence-corrected chi connectivity index (χ3v) is 3.95. The molecule has 1 aromatic carbocycles. The highest BCUT2D eigenvalue weighted by Crippen LogP contribution is 2.20. The number of hydrogen-bond donors (Lipinski definition) is 1. The number of rotatable bonds is 3. The van der Waals surface area contributed by atoms with Crippen LogP contribution in [0.1, 0.15) is 25.0 Å². The SMILES string of the molecule is c1ccc(-c2cncc(CC3CCCNCC3)n2)cc1. The van der Waals surface area contributed by atoms with Crippen LogP contribution in [0.4, 0.5) is 0 Å². The van der Waals surface area contributed by atoms with Crippen LogP contribution in [0.25, 0.3) is 11.3 Å². The molecule has 1 saturated heterocycles. The Morgan fingerprint density at radius 3 is 2.85 bits per heavy atom. The van der Waals surface area contributed by atoms with Crippen molar-refractivity contribution in [3.63, 3.8) is 0 Å². The molecule has 20 heavy (non-hydrogen) atoms. The second-order valence-corrected chi connectivity index (χ2v) is 5.51. The summed E-state index contributed by atoms with van der Waals surface area (Å²) in [6.07, 6.45) is 8.64. The van der Waals surface area contributed by atoms with Gasteiger partial charge in [-0.15, -0.1) is 0 Å². The molecule has 0 amide bonds. The Labute approximate surface area is 120 Å². The van der Waals surface area contributed by atoms with Crippen LogP contribution in [0.3, 0.4) is 0 Å². The molecule has 1 fully saturated rings. The fourth-order valence-electron chi connectivity index (χ4n) is 2.84. The summed E-state index contributed by atoms with van der Waals surface area (Å²) in [4.78, 5) is 9.16. The largest absolute Gasteiger partial charge is 0.317 e. The second kappa shape index (κ2) is 6.62. The first-order valence-corrected chi connectivity index (χ1v) is 7.49. The number of nitrogens with zero attached hydrogens (tertiary/aromatic N) is 2. The van der Waals surface area contributed by atoms with Crippen LogP contribution in [0, 0.1) is 5.92 Å². The summed E-state index contributed by atoms with van der Waals surface area (Å²) in [5, 5.41) is 3.46. The van der Waals surface area contributed by atoms with E-state index < -0.39 is 0 Å². The van der Waals surface area contributed by atoms with Gasteiger partial charge in [-0.3, -0.25) is 4.98 Å². The standard InChI is InChI=1S/C17H21N3/c1-2-6-15(7-3-1)17-13-19-12-16(20-17)11-14-5-4-9-18-10-8-14/h1-3,6-7,12-14,18H,4-5,8-11H2. The Morgan fingerprint density at radius 1 is 1.05 bits per heavy atom. The Balaban J connectivity index is 1.74. The molecule has 1 aliphatic rings. The van der Waals surface area contributed by atoms with Gasteiger partial charge in [0, 0.05) is 11.8 Å². The molecule has 3 rings (SSSR count). The van der Waals surface area contributed by atoms with Crippen molar-refractivity contribution in [1.29, 1.82) is 0 Å². The number of benzene rings is 1. The molecule has 1 N–H and O–H groups in total. The van der Waals surface area contributed by atoms with E-state index in [1.54, 1.807) is 0 Å². The molecule has 1 aliphatic heterocycles. The smallest absolute Gasteiger partial charge is 0.0888 e. The first kappa shape index (κ1) is 13.3. The molecule has 1 unspecified atom stereocenters. The third kappa shape index (κ3) is 3.42. The summed E-state index contributed by atoms with van der Waals surface area (Å²) < 4.78 is 0. The highest BCUT2D eigenvalue weighted by atomic mass is 14.9. The summed E-state index contributed by atoms with van der Waals surface area (Å²) >= 11 is 0. The zero-order valence-electron chi connectivity index (χ0n) is 11.8. The van der Waals surface area contributed by atoms with Crippen molar-refractivity contribution in [3.8, 4) is 11.3 Å². The first-order valence-electron chi connectivity index (χ1n) is 7.49. The molecule has 0 bridgehead atoms. The van der Waals surface area contributed by atoms with Gasteiger partial charge in [0.25, 0.3) is 0 Å². The highest BCUT2D eigenvalue weighted by Gasteiger charge is 2.13. The molecule has 0 spiro atoms. The quantitative estimate of drug-likeness (QED) is 0.928. The number of hydrogen-bond acceptors (Lipinski definition) is 3. The summed E-state index contributed by atoms with van der Waals surface area (Å²) in [6, 6.07) is 10.3. The van der Waals surface area contributed by atoms with Crippen molar-refractivity contribution >= 4 is 0 Å². The van der Waals surface area contributed by atoms with Gasteiger partial charge in [-0.1, -0.05) is 30.3 Å². The maximum absolute atomic E-state index is 4.78. The van der Waals surface area contributed by atoms with Gasteiger partial charge >= 0.3 is 0 Å². The molecule has 0 saturated carbocycles. The molecular weight excluding hydrogens is 246 g/mol. The van der Waals surface area contributed by atoms with Crippen LogP contribution in [0.2, 0.25) is 0 Å². The van der Waals surface area contributed by atoms with Crippen molar-refractivity contribution < 1.29 is 0 Å². The molecule has 0 radical (unpaired) electrons. The second-order valence-electron chi connectivity index (χ2n) is 5.51. The van der Waals surface area contributed by atoms with Crippen LogP contribution in [0.5, 0.6) is 0 Å². The summed E-state index contributed by atoms with van der Waals surface area (Å²) in [5.74, 6) is 0.741. The maximum Gasteiger partial charge on any atom is 0.0888 e. The average molecular weight is 267 g/mol. The number of aromatic nitrogens is 2. The highest BCUT2D eigenvalue weighted by molar-refractivity contribution is 5.57. The van der Waals surface area contributed by atoms with Crippen LogP contribution < -0.4 is 5.32 Å². The van der Waals surface area contributed by atoms with E-state index in [1.807, 2.05) is 30.6 Å². The molecule has 2 heterocycles. The van der Waals surface area contributed by atoms with Gasteiger partial charge in [0.2, 0.25) is 0 Å². The molecule has 1 atom stereocenters. The fraction of sp³-hybridized carbons (Fsp3) is 0.412. The lowest BCUT2D eigenvalue weighted by molar-refractivity contribution is 0.464. The Hall–Kier alpha value is -1.74. The Morgan fingerprint density at radius 2 is 1.95 bits per heavy atom. The Bertz CT molecular complexity index is 531.